The number of hydrogen-bond donors (Lipinski definition) is 1. The third kappa shape index (κ3) is 4.06. The molecule has 0 saturated carbocycles. The van der Waals surface area contributed by atoms with E-state index in [2.05, 4.69) is 20.4 Å². The molecule has 1 amide bonds. The molecule has 0 aliphatic carbocycles. The Morgan fingerprint density at radius 1 is 1.45 bits per heavy atom. The van der Waals surface area contributed by atoms with Crippen LogP contribution in [-0.4, -0.2) is 33.3 Å². The lowest BCUT2D eigenvalue weighted by atomic mass is 10.3. The van der Waals surface area contributed by atoms with Crippen LogP contribution in [0.2, 0.25) is 0 Å². The molecule has 106 valence electrons. The van der Waals surface area contributed by atoms with Crippen molar-refractivity contribution in [3.05, 3.63) is 24.2 Å². The van der Waals surface area contributed by atoms with E-state index in [1.165, 1.54) is 11.8 Å². The van der Waals surface area contributed by atoms with Gasteiger partial charge in [-0.25, -0.2) is 4.98 Å². The molecule has 0 unspecified atom stereocenters. The molecule has 0 fully saturated rings. The summed E-state index contributed by atoms with van der Waals surface area (Å²) in [5.41, 5.74) is 0.769. The highest BCUT2D eigenvalue weighted by molar-refractivity contribution is 7.99. The third-order valence-electron chi connectivity index (χ3n) is 2.43. The van der Waals surface area contributed by atoms with E-state index >= 15 is 0 Å². The van der Waals surface area contributed by atoms with E-state index in [0.717, 1.165) is 17.0 Å². The highest BCUT2D eigenvalue weighted by Crippen LogP contribution is 2.20. The van der Waals surface area contributed by atoms with Crippen LogP contribution in [0.4, 0.5) is 0 Å². The van der Waals surface area contributed by atoms with Gasteiger partial charge in [0.25, 0.3) is 5.89 Å². The molecule has 2 heterocycles. The third-order valence-corrected chi connectivity index (χ3v) is 3.38. The number of hydrogen-bond acceptors (Lipinski definition) is 6. The first-order valence-electron chi connectivity index (χ1n) is 6.35. The van der Waals surface area contributed by atoms with Gasteiger partial charge in [0.15, 0.2) is 5.82 Å². The Hall–Kier alpha value is -1.89. The number of nitrogens with one attached hydrogen (secondary N) is 1. The minimum absolute atomic E-state index is 0.0234. The van der Waals surface area contributed by atoms with Gasteiger partial charge in [0.2, 0.25) is 5.91 Å². The van der Waals surface area contributed by atoms with Crippen molar-refractivity contribution in [1.82, 2.24) is 20.4 Å². The van der Waals surface area contributed by atoms with Crippen LogP contribution >= 0.6 is 11.8 Å². The fourth-order valence-corrected chi connectivity index (χ4v) is 2.13. The van der Waals surface area contributed by atoms with Crippen molar-refractivity contribution in [2.75, 3.05) is 12.3 Å². The molecule has 0 radical (unpaired) electrons. The zero-order chi connectivity index (χ0) is 14.4. The molecule has 0 bridgehead atoms. The van der Waals surface area contributed by atoms with Gasteiger partial charge in [0, 0.05) is 12.7 Å². The van der Waals surface area contributed by atoms with Gasteiger partial charge < -0.3 is 9.84 Å². The molecule has 1 N–H and O–H groups in total. The number of rotatable bonds is 6. The highest BCUT2D eigenvalue weighted by Gasteiger charge is 2.07. The van der Waals surface area contributed by atoms with E-state index in [1.807, 2.05) is 19.1 Å². The predicted octanol–water partition coefficient (Wildman–Crippen LogP) is 2.06. The Labute approximate surface area is 121 Å². The molecule has 2 aromatic heterocycles. The molecule has 7 heteroatoms. The number of nitrogens with zero attached hydrogens (tertiary/aromatic N) is 3. The molecule has 2 aromatic rings. The van der Waals surface area contributed by atoms with E-state index in [-0.39, 0.29) is 5.91 Å². The summed E-state index contributed by atoms with van der Waals surface area (Å²) in [6.07, 6.45) is 2.60. The number of amides is 1. The van der Waals surface area contributed by atoms with Crippen molar-refractivity contribution in [2.24, 2.45) is 0 Å². The number of pyridine rings is 1. The minimum Gasteiger partial charge on any atom is -0.355 e. The number of carbonyl (C=O) groups excluding carboxylic acids is 1. The van der Waals surface area contributed by atoms with E-state index in [0.29, 0.717) is 24.0 Å². The SMILES string of the molecule is CCCNC(=O)CSc1ccc(-c2nc(C)no2)cn1. The number of aryl methyl sites for hydroxylation is 1. The summed E-state index contributed by atoms with van der Waals surface area (Å²) in [5.74, 6) is 1.43. The Balaban J connectivity index is 1.90. The number of carbonyl (C=O) groups is 1. The zero-order valence-electron chi connectivity index (χ0n) is 11.4. The van der Waals surface area contributed by atoms with Crippen molar-refractivity contribution < 1.29 is 9.32 Å². The molecule has 0 atom stereocenters. The maximum absolute atomic E-state index is 11.5. The van der Waals surface area contributed by atoms with Crippen molar-refractivity contribution in [2.45, 2.75) is 25.3 Å². The first-order valence-corrected chi connectivity index (χ1v) is 7.34. The van der Waals surface area contributed by atoms with E-state index in [4.69, 9.17) is 4.52 Å². The monoisotopic (exact) mass is 292 g/mol. The van der Waals surface area contributed by atoms with Crippen LogP contribution < -0.4 is 5.32 Å². The van der Waals surface area contributed by atoms with Gasteiger partial charge in [-0.15, -0.1) is 0 Å². The first kappa shape index (κ1) is 14.5. The summed E-state index contributed by atoms with van der Waals surface area (Å²) in [6, 6.07) is 3.69. The van der Waals surface area contributed by atoms with E-state index in [1.54, 1.807) is 13.1 Å². The van der Waals surface area contributed by atoms with Crippen LogP contribution in [0, 0.1) is 6.92 Å². The Kier molecular flexibility index (Phi) is 5.11. The van der Waals surface area contributed by atoms with Gasteiger partial charge in [-0.1, -0.05) is 23.8 Å². The Morgan fingerprint density at radius 3 is 2.90 bits per heavy atom. The minimum atomic E-state index is 0.0234. The topological polar surface area (TPSA) is 80.9 Å². The summed E-state index contributed by atoms with van der Waals surface area (Å²) in [6.45, 7) is 4.49. The molecule has 6 nitrogen and oxygen atoms in total. The van der Waals surface area contributed by atoms with Gasteiger partial charge >= 0.3 is 0 Å². The highest BCUT2D eigenvalue weighted by atomic mass is 32.2. The Bertz CT molecular complexity index is 568. The predicted molar refractivity (Wildman–Crippen MR) is 76.3 cm³/mol. The van der Waals surface area contributed by atoms with Crippen molar-refractivity contribution in [3.63, 3.8) is 0 Å². The van der Waals surface area contributed by atoms with Crippen LogP contribution in [0.25, 0.3) is 11.5 Å². The second kappa shape index (κ2) is 7.04. The second-order valence-electron chi connectivity index (χ2n) is 4.17. The van der Waals surface area contributed by atoms with Gasteiger partial charge in [-0.2, -0.15) is 4.98 Å². The molecular formula is C13H16N4O2S. The molecule has 0 aliphatic rings. The quantitative estimate of drug-likeness (QED) is 0.821. The average Bonchev–Trinajstić information content (AvgIpc) is 2.90. The van der Waals surface area contributed by atoms with Crippen LogP contribution in [0.5, 0.6) is 0 Å². The van der Waals surface area contributed by atoms with Crippen molar-refractivity contribution in [1.29, 1.82) is 0 Å². The largest absolute Gasteiger partial charge is 0.355 e. The number of thioether (sulfide) groups is 1. The number of aromatic nitrogens is 3. The molecular weight excluding hydrogens is 276 g/mol. The molecule has 2 rings (SSSR count). The molecule has 20 heavy (non-hydrogen) atoms. The van der Waals surface area contributed by atoms with Gasteiger partial charge in [0.1, 0.15) is 0 Å². The fraction of sp³-hybridized carbons (Fsp3) is 0.385. The van der Waals surface area contributed by atoms with Crippen LogP contribution in [-0.2, 0) is 4.79 Å². The summed E-state index contributed by atoms with van der Waals surface area (Å²) in [4.78, 5) is 19.9. The van der Waals surface area contributed by atoms with Crippen LogP contribution in [0.1, 0.15) is 19.2 Å². The summed E-state index contributed by atoms with van der Waals surface area (Å²) >= 11 is 1.40. The van der Waals surface area contributed by atoms with Crippen LogP contribution in [0.3, 0.4) is 0 Å². The van der Waals surface area contributed by atoms with Crippen molar-refractivity contribution in [3.8, 4) is 11.5 Å². The zero-order valence-corrected chi connectivity index (χ0v) is 12.2. The second-order valence-corrected chi connectivity index (χ2v) is 5.17. The molecule has 0 spiro atoms. The first-order chi connectivity index (χ1) is 9.69. The summed E-state index contributed by atoms with van der Waals surface area (Å²) in [5, 5.41) is 7.34. The lowest BCUT2D eigenvalue weighted by molar-refractivity contribution is -0.118. The van der Waals surface area contributed by atoms with E-state index in [9.17, 15) is 4.79 Å². The van der Waals surface area contributed by atoms with Crippen LogP contribution in [0.15, 0.2) is 27.9 Å². The molecule has 0 saturated heterocycles. The lowest BCUT2D eigenvalue weighted by Crippen LogP contribution is -2.25. The maximum atomic E-state index is 11.5. The van der Waals surface area contributed by atoms with Gasteiger partial charge in [-0.3, -0.25) is 4.79 Å². The smallest absolute Gasteiger partial charge is 0.259 e. The van der Waals surface area contributed by atoms with Gasteiger partial charge in [0.05, 0.1) is 16.3 Å². The average molecular weight is 292 g/mol. The fourth-order valence-electron chi connectivity index (χ4n) is 1.46. The summed E-state index contributed by atoms with van der Waals surface area (Å²) in [7, 11) is 0. The summed E-state index contributed by atoms with van der Waals surface area (Å²) < 4.78 is 5.06. The lowest BCUT2D eigenvalue weighted by Gasteiger charge is -2.03. The Morgan fingerprint density at radius 2 is 2.30 bits per heavy atom. The maximum Gasteiger partial charge on any atom is 0.259 e. The standard InChI is InChI=1S/C13H16N4O2S/c1-3-6-14-11(18)8-20-12-5-4-10(7-15-12)13-16-9(2)17-19-13/h4-5,7H,3,6,8H2,1-2H3,(H,14,18). The van der Waals surface area contributed by atoms with E-state index < -0.39 is 0 Å². The molecule has 0 aliphatic heterocycles. The molecule has 0 aromatic carbocycles. The van der Waals surface area contributed by atoms with Gasteiger partial charge in [-0.05, 0) is 25.5 Å². The van der Waals surface area contributed by atoms with Crippen molar-refractivity contribution >= 4 is 17.7 Å². The normalized spacial score (nSPS) is 10.5.